The zero-order valence-corrected chi connectivity index (χ0v) is 17.2. The van der Waals surface area contributed by atoms with E-state index in [1.807, 2.05) is 42.5 Å². The highest BCUT2D eigenvalue weighted by Gasteiger charge is 2.62. The van der Waals surface area contributed by atoms with Crippen LogP contribution in [0, 0.1) is 5.41 Å². The first kappa shape index (κ1) is 19.1. The van der Waals surface area contributed by atoms with E-state index in [1.165, 1.54) is 4.90 Å². The highest BCUT2D eigenvalue weighted by Crippen LogP contribution is 2.49. The van der Waals surface area contributed by atoms with Crippen molar-refractivity contribution in [2.75, 3.05) is 18.0 Å². The largest absolute Gasteiger partial charge is 0.367 e. The molecule has 2 aromatic rings. The van der Waals surface area contributed by atoms with Crippen molar-refractivity contribution in [1.82, 2.24) is 10.2 Å². The monoisotopic (exact) mass is 423 g/mol. The zero-order chi connectivity index (χ0) is 20.9. The van der Waals surface area contributed by atoms with E-state index in [1.54, 1.807) is 6.07 Å². The minimum absolute atomic E-state index is 0.211. The van der Waals surface area contributed by atoms with Crippen molar-refractivity contribution in [2.45, 2.75) is 31.7 Å². The number of fused-ring (bicyclic) bond motifs is 4. The van der Waals surface area contributed by atoms with E-state index in [2.05, 4.69) is 10.2 Å². The maximum atomic E-state index is 13.8. The molecule has 2 aromatic carbocycles. The molecule has 1 N–H and O–H groups in total. The van der Waals surface area contributed by atoms with Gasteiger partial charge in [0.25, 0.3) is 0 Å². The summed E-state index contributed by atoms with van der Waals surface area (Å²) >= 11 is 6.49. The maximum absolute atomic E-state index is 13.8. The number of benzene rings is 2. The van der Waals surface area contributed by atoms with Gasteiger partial charge in [-0.2, -0.15) is 0 Å². The number of hydrogen-bond acceptors (Lipinski definition) is 4. The summed E-state index contributed by atoms with van der Waals surface area (Å²) in [7, 11) is 0. The number of urea groups is 1. The van der Waals surface area contributed by atoms with Gasteiger partial charge in [-0.1, -0.05) is 48.0 Å². The van der Waals surface area contributed by atoms with E-state index in [0.717, 1.165) is 36.2 Å². The molecule has 2 saturated heterocycles. The lowest BCUT2D eigenvalue weighted by atomic mass is 9.68. The van der Waals surface area contributed by atoms with E-state index in [9.17, 15) is 14.4 Å². The summed E-state index contributed by atoms with van der Waals surface area (Å²) in [5.74, 6) is -0.911. The molecule has 154 valence electrons. The minimum Gasteiger partial charge on any atom is -0.367 e. The average Bonchev–Trinajstić information content (AvgIpc) is 3.24. The number of anilines is 1. The third-order valence-electron chi connectivity index (χ3n) is 6.65. The van der Waals surface area contributed by atoms with Crippen molar-refractivity contribution in [3.63, 3.8) is 0 Å². The van der Waals surface area contributed by atoms with Gasteiger partial charge >= 0.3 is 6.03 Å². The van der Waals surface area contributed by atoms with E-state index in [-0.39, 0.29) is 19.0 Å². The van der Waals surface area contributed by atoms with Crippen LogP contribution in [-0.2, 0) is 22.4 Å². The molecule has 3 aliphatic rings. The van der Waals surface area contributed by atoms with E-state index >= 15 is 0 Å². The van der Waals surface area contributed by atoms with Gasteiger partial charge in [-0.25, -0.2) is 4.79 Å². The molecule has 30 heavy (non-hydrogen) atoms. The van der Waals surface area contributed by atoms with Gasteiger partial charge in [0.1, 0.15) is 0 Å². The van der Waals surface area contributed by atoms with Crippen LogP contribution in [0.3, 0.4) is 0 Å². The quantitative estimate of drug-likeness (QED) is 0.770. The topological polar surface area (TPSA) is 69.7 Å². The normalized spacial score (nSPS) is 25.4. The molecular formula is C23H22ClN3O3. The first-order valence-electron chi connectivity index (χ1n) is 10.3. The summed E-state index contributed by atoms with van der Waals surface area (Å²) in [5, 5.41) is 3.02. The second-order valence-corrected chi connectivity index (χ2v) is 8.60. The number of rotatable bonds is 3. The molecule has 7 heteroatoms. The summed E-state index contributed by atoms with van der Waals surface area (Å²) in [4.78, 5) is 43.0. The molecule has 2 fully saturated rings. The number of amides is 4. The van der Waals surface area contributed by atoms with E-state index in [0.29, 0.717) is 11.4 Å². The standard InChI is InChI=1S/C23H22ClN3O3/c24-17-8-4-9-18-16(17)14-23(19-10-5-12-26(18)19)20(28)25-22(30)27(21(23)29)13-11-15-6-2-1-3-7-15/h1-4,6-9,19H,5,10-14H2,(H,25,28,30)/t19-,23-/m1/s1. The first-order valence-corrected chi connectivity index (χ1v) is 10.7. The summed E-state index contributed by atoms with van der Waals surface area (Å²) in [6.07, 6.45) is 2.36. The number of nitrogens with zero attached hydrogens (tertiary/aromatic N) is 2. The fourth-order valence-electron chi connectivity index (χ4n) is 5.20. The second-order valence-electron chi connectivity index (χ2n) is 8.19. The Labute approximate surface area is 179 Å². The Balaban J connectivity index is 1.53. The van der Waals surface area contributed by atoms with E-state index < -0.39 is 23.3 Å². The fourth-order valence-corrected chi connectivity index (χ4v) is 5.44. The van der Waals surface area contributed by atoms with Gasteiger partial charge < -0.3 is 4.90 Å². The Morgan fingerprint density at radius 2 is 1.87 bits per heavy atom. The van der Waals surface area contributed by atoms with Crippen molar-refractivity contribution in [3.05, 3.63) is 64.7 Å². The number of barbiturate groups is 1. The highest BCUT2D eigenvalue weighted by atomic mass is 35.5. The number of hydrogen-bond donors (Lipinski definition) is 1. The lowest BCUT2D eigenvalue weighted by Crippen LogP contribution is -2.71. The molecule has 3 aliphatic heterocycles. The summed E-state index contributed by atoms with van der Waals surface area (Å²) < 4.78 is 0. The van der Waals surface area contributed by atoms with Crippen LogP contribution in [0.1, 0.15) is 24.0 Å². The molecule has 4 amide bonds. The molecule has 0 radical (unpaired) electrons. The SMILES string of the molecule is O=C1NC(=O)[C@]2(Cc3c(Cl)cccc3N3CCC[C@@H]32)C(=O)N1CCc1ccccc1. The van der Waals surface area contributed by atoms with Gasteiger partial charge in [-0.15, -0.1) is 0 Å². The van der Waals surface area contributed by atoms with Crippen LogP contribution < -0.4 is 10.2 Å². The van der Waals surface area contributed by atoms with Gasteiger partial charge in [0.2, 0.25) is 11.8 Å². The Hall–Kier alpha value is -2.86. The smallest absolute Gasteiger partial charge is 0.330 e. The number of carbonyl (C=O) groups is 3. The third kappa shape index (κ3) is 2.74. The predicted molar refractivity (Wildman–Crippen MR) is 113 cm³/mol. The van der Waals surface area contributed by atoms with Gasteiger partial charge in [0.15, 0.2) is 5.41 Å². The number of halogens is 1. The van der Waals surface area contributed by atoms with Crippen LogP contribution in [0.25, 0.3) is 0 Å². The predicted octanol–water partition coefficient (Wildman–Crippen LogP) is 3.17. The first-order chi connectivity index (χ1) is 14.5. The minimum atomic E-state index is -1.33. The van der Waals surface area contributed by atoms with Gasteiger partial charge in [0, 0.05) is 30.2 Å². The van der Waals surface area contributed by atoms with Crippen LogP contribution in [0.2, 0.25) is 5.02 Å². The Morgan fingerprint density at radius 1 is 1.07 bits per heavy atom. The van der Waals surface area contributed by atoms with E-state index in [4.69, 9.17) is 11.6 Å². The number of imide groups is 2. The molecule has 0 aromatic heterocycles. The lowest BCUT2D eigenvalue weighted by Gasteiger charge is -2.49. The van der Waals surface area contributed by atoms with Crippen LogP contribution in [0.15, 0.2) is 48.5 Å². The average molecular weight is 424 g/mol. The molecule has 3 heterocycles. The molecule has 6 nitrogen and oxygen atoms in total. The molecule has 0 unspecified atom stereocenters. The molecule has 0 saturated carbocycles. The number of nitrogens with one attached hydrogen (secondary N) is 1. The van der Waals surface area contributed by atoms with Crippen molar-refractivity contribution in [1.29, 1.82) is 0 Å². The molecule has 2 atom stereocenters. The second kappa shape index (κ2) is 7.13. The lowest BCUT2D eigenvalue weighted by molar-refractivity contribution is -0.153. The van der Waals surface area contributed by atoms with Crippen LogP contribution in [0.5, 0.6) is 0 Å². The summed E-state index contributed by atoms with van der Waals surface area (Å²) in [6.45, 7) is 0.990. The van der Waals surface area contributed by atoms with Crippen molar-refractivity contribution in [3.8, 4) is 0 Å². The summed E-state index contributed by atoms with van der Waals surface area (Å²) in [5.41, 5.74) is 1.49. The van der Waals surface area contributed by atoms with Crippen LogP contribution in [0.4, 0.5) is 10.5 Å². The maximum Gasteiger partial charge on any atom is 0.330 e. The van der Waals surface area contributed by atoms with Crippen molar-refractivity contribution < 1.29 is 14.4 Å². The molecule has 1 spiro atoms. The van der Waals surface area contributed by atoms with Gasteiger partial charge in [-0.05, 0) is 42.5 Å². The molecular weight excluding hydrogens is 402 g/mol. The summed E-state index contributed by atoms with van der Waals surface area (Å²) in [6, 6.07) is 14.5. The number of carbonyl (C=O) groups excluding carboxylic acids is 3. The van der Waals surface area contributed by atoms with Crippen molar-refractivity contribution in [2.24, 2.45) is 5.41 Å². The van der Waals surface area contributed by atoms with Gasteiger partial charge in [0.05, 0.1) is 6.04 Å². The third-order valence-corrected chi connectivity index (χ3v) is 7.00. The fraction of sp³-hybridized carbons (Fsp3) is 0.348. The molecule has 5 rings (SSSR count). The Kier molecular flexibility index (Phi) is 4.54. The Morgan fingerprint density at radius 3 is 2.67 bits per heavy atom. The molecule has 0 bridgehead atoms. The van der Waals surface area contributed by atoms with Crippen molar-refractivity contribution >= 4 is 35.1 Å². The van der Waals surface area contributed by atoms with Crippen LogP contribution >= 0.6 is 11.6 Å². The van der Waals surface area contributed by atoms with Gasteiger partial charge in [-0.3, -0.25) is 19.8 Å². The Bertz CT molecular complexity index is 1040. The zero-order valence-electron chi connectivity index (χ0n) is 16.4. The van der Waals surface area contributed by atoms with Crippen LogP contribution in [-0.4, -0.2) is 41.9 Å². The molecule has 0 aliphatic carbocycles. The highest BCUT2D eigenvalue weighted by molar-refractivity contribution is 6.32.